The van der Waals surface area contributed by atoms with Crippen LogP contribution in [-0.4, -0.2) is 34.9 Å². The van der Waals surface area contributed by atoms with Gasteiger partial charge in [0.2, 0.25) is 0 Å². The first-order chi connectivity index (χ1) is 7.15. The van der Waals surface area contributed by atoms with Crippen LogP contribution in [0.3, 0.4) is 0 Å². The van der Waals surface area contributed by atoms with Gasteiger partial charge in [-0.1, -0.05) is 6.92 Å². The van der Waals surface area contributed by atoms with Gasteiger partial charge in [0.1, 0.15) is 0 Å². The SMILES string of the molecule is CCc1c(C(=O)N(C)OC)cnn1CC. The summed E-state index contributed by atoms with van der Waals surface area (Å²) in [6.45, 7) is 4.78. The lowest BCUT2D eigenvalue weighted by molar-refractivity contribution is -0.0757. The van der Waals surface area contributed by atoms with Crippen molar-refractivity contribution < 1.29 is 9.63 Å². The summed E-state index contributed by atoms with van der Waals surface area (Å²) in [5, 5.41) is 5.36. The molecule has 0 aliphatic heterocycles. The van der Waals surface area contributed by atoms with Gasteiger partial charge < -0.3 is 0 Å². The predicted octanol–water partition coefficient (Wildman–Crippen LogP) is 1.10. The van der Waals surface area contributed by atoms with Crippen molar-refractivity contribution in [1.29, 1.82) is 0 Å². The predicted molar refractivity (Wildman–Crippen MR) is 56.4 cm³/mol. The Bertz CT molecular complexity index is 346. The molecule has 0 atom stereocenters. The summed E-state index contributed by atoms with van der Waals surface area (Å²) < 4.78 is 1.83. The van der Waals surface area contributed by atoms with Crippen LogP contribution in [0.25, 0.3) is 0 Å². The van der Waals surface area contributed by atoms with E-state index < -0.39 is 0 Å². The smallest absolute Gasteiger partial charge is 0.274 e. The topological polar surface area (TPSA) is 47.4 Å². The second-order valence-electron chi connectivity index (χ2n) is 3.16. The molecule has 0 fully saturated rings. The number of carbonyl (C=O) groups is 1. The van der Waals surface area contributed by atoms with Gasteiger partial charge in [-0.25, -0.2) is 5.06 Å². The highest BCUT2D eigenvalue weighted by Gasteiger charge is 2.18. The van der Waals surface area contributed by atoms with E-state index in [4.69, 9.17) is 4.84 Å². The molecule has 0 unspecified atom stereocenters. The van der Waals surface area contributed by atoms with E-state index in [1.165, 1.54) is 12.2 Å². The number of nitrogens with zero attached hydrogens (tertiary/aromatic N) is 3. The number of amides is 1. The number of aromatic nitrogens is 2. The van der Waals surface area contributed by atoms with E-state index >= 15 is 0 Å². The molecule has 0 saturated carbocycles. The molecule has 0 radical (unpaired) electrons. The van der Waals surface area contributed by atoms with Crippen LogP contribution < -0.4 is 0 Å². The molecular formula is C10H17N3O2. The zero-order chi connectivity index (χ0) is 11.4. The van der Waals surface area contributed by atoms with Crippen molar-refractivity contribution in [3.05, 3.63) is 17.5 Å². The molecule has 1 aromatic heterocycles. The first-order valence-corrected chi connectivity index (χ1v) is 5.02. The van der Waals surface area contributed by atoms with Crippen LogP contribution in [0, 0.1) is 0 Å². The highest BCUT2D eigenvalue weighted by molar-refractivity contribution is 5.94. The van der Waals surface area contributed by atoms with Gasteiger partial charge in [-0.2, -0.15) is 5.10 Å². The Morgan fingerprint density at radius 1 is 1.60 bits per heavy atom. The lowest BCUT2D eigenvalue weighted by Crippen LogP contribution is -2.26. The van der Waals surface area contributed by atoms with Crippen molar-refractivity contribution in [2.24, 2.45) is 0 Å². The molecule has 1 heterocycles. The number of hydrogen-bond acceptors (Lipinski definition) is 3. The van der Waals surface area contributed by atoms with E-state index in [9.17, 15) is 4.79 Å². The summed E-state index contributed by atoms with van der Waals surface area (Å²) in [5.41, 5.74) is 1.56. The third-order valence-electron chi connectivity index (χ3n) is 2.37. The van der Waals surface area contributed by atoms with E-state index in [-0.39, 0.29) is 5.91 Å². The summed E-state index contributed by atoms with van der Waals surface area (Å²) >= 11 is 0. The van der Waals surface area contributed by atoms with Gasteiger partial charge in [-0.15, -0.1) is 0 Å². The zero-order valence-electron chi connectivity index (χ0n) is 9.65. The normalized spacial score (nSPS) is 10.4. The van der Waals surface area contributed by atoms with Crippen LogP contribution in [-0.2, 0) is 17.8 Å². The molecular weight excluding hydrogens is 194 g/mol. The van der Waals surface area contributed by atoms with Crippen LogP contribution >= 0.6 is 0 Å². The van der Waals surface area contributed by atoms with Gasteiger partial charge in [-0.05, 0) is 13.3 Å². The standard InChI is InChI=1S/C10H17N3O2/c1-5-9-8(7-11-13(9)6-2)10(14)12(3)15-4/h7H,5-6H2,1-4H3. The molecule has 0 aliphatic carbocycles. The largest absolute Gasteiger partial charge is 0.280 e. The summed E-state index contributed by atoms with van der Waals surface area (Å²) in [4.78, 5) is 16.7. The van der Waals surface area contributed by atoms with Crippen molar-refractivity contribution in [3.8, 4) is 0 Å². The number of hydroxylamine groups is 2. The molecule has 1 aromatic rings. The molecule has 5 nitrogen and oxygen atoms in total. The molecule has 0 saturated heterocycles. The number of rotatable bonds is 4. The van der Waals surface area contributed by atoms with E-state index in [1.807, 2.05) is 18.5 Å². The van der Waals surface area contributed by atoms with Crippen molar-refractivity contribution in [1.82, 2.24) is 14.8 Å². The summed E-state index contributed by atoms with van der Waals surface area (Å²) in [7, 11) is 3.05. The fourth-order valence-electron chi connectivity index (χ4n) is 1.49. The quantitative estimate of drug-likeness (QED) is 0.701. The maximum atomic E-state index is 11.8. The number of hydrogen-bond donors (Lipinski definition) is 0. The van der Waals surface area contributed by atoms with Gasteiger partial charge in [0.05, 0.1) is 24.6 Å². The van der Waals surface area contributed by atoms with Crippen molar-refractivity contribution in [2.75, 3.05) is 14.2 Å². The average Bonchev–Trinajstić information content (AvgIpc) is 2.69. The molecule has 0 spiro atoms. The van der Waals surface area contributed by atoms with Gasteiger partial charge >= 0.3 is 0 Å². The maximum absolute atomic E-state index is 11.8. The minimum atomic E-state index is -0.158. The Morgan fingerprint density at radius 3 is 2.73 bits per heavy atom. The van der Waals surface area contributed by atoms with Crippen LogP contribution in [0.2, 0.25) is 0 Å². The van der Waals surface area contributed by atoms with Crippen LogP contribution in [0.4, 0.5) is 0 Å². The van der Waals surface area contributed by atoms with Gasteiger partial charge in [0.25, 0.3) is 5.91 Å². The third-order valence-corrected chi connectivity index (χ3v) is 2.37. The first kappa shape index (κ1) is 11.7. The molecule has 15 heavy (non-hydrogen) atoms. The lowest BCUT2D eigenvalue weighted by atomic mass is 10.2. The Hall–Kier alpha value is -1.36. The third kappa shape index (κ3) is 2.18. The first-order valence-electron chi connectivity index (χ1n) is 5.02. The van der Waals surface area contributed by atoms with Crippen LogP contribution in [0.5, 0.6) is 0 Å². The Balaban J connectivity index is 3.03. The second kappa shape index (κ2) is 4.93. The fourth-order valence-corrected chi connectivity index (χ4v) is 1.49. The summed E-state index contributed by atoms with van der Waals surface area (Å²) in [5.74, 6) is -0.158. The average molecular weight is 211 g/mol. The van der Waals surface area contributed by atoms with E-state index in [1.54, 1.807) is 13.2 Å². The fraction of sp³-hybridized carbons (Fsp3) is 0.600. The van der Waals surface area contributed by atoms with Crippen LogP contribution in [0.15, 0.2) is 6.20 Å². The molecule has 1 amide bonds. The molecule has 0 aromatic carbocycles. The molecule has 0 N–H and O–H groups in total. The van der Waals surface area contributed by atoms with Crippen molar-refractivity contribution in [3.63, 3.8) is 0 Å². The number of aryl methyl sites for hydroxylation is 1. The molecule has 0 bridgehead atoms. The Labute approximate surface area is 89.6 Å². The molecule has 0 aliphatic rings. The van der Waals surface area contributed by atoms with E-state index in [0.717, 1.165) is 18.7 Å². The maximum Gasteiger partial charge on any atom is 0.280 e. The Morgan fingerprint density at radius 2 is 2.27 bits per heavy atom. The van der Waals surface area contributed by atoms with E-state index in [2.05, 4.69) is 5.10 Å². The highest BCUT2D eigenvalue weighted by Crippen LogP contribution is 2.11. The van der Waals surface area contributed by atoms with Crippen LogP contribution in [0.1, 0.15) is 29.9 Å². The van der Waals surface area contributed by atoms with E-state index in [0.29, 0.717) is 5.56 Å². The number of carbonyl (C=O) groups excluding carboxylic acids is 1. The van der Waals surface area contributed by atoms with Crippen molar-refractivity contribution in [2.45, 2.75) is 26.8 Å². The monoisotopic (exact) mass is 211 g/mol. The minimum Gasteiger partial charge on any atom is -0.274 e. The summed E-state index contributed by atoms with van der Waals surface area (Å²) in [6, 6.07) is 0. The highest BCUT2D eigenvalue weighted by atomic mass is 16.7. The Kier molecular flexibility index (Phi) is 3.85. The lowest BCUT2D eigenvalue weighted by Gasteiger charge is -2.13. The summed E-state index contributed by atoms with van der Waals surface area (Å²) in [6.07, 6.45) is 2.38. The van der Waals surface area contributed by atoms with Crippen molar-refractivity contribution >= 4 is 5.91 Å². The van der Waals surface area contributed by atoms with Gasteiger partial charge in [0.15, 0.2) is 0 Å². The minimum absolute atomic E-state index is 0.158. The zero-order valence-corrected chi connectivity index (χ0v) is 9.65. The molecule has 1 rings (SSSR count). The van der Waals surface area contributed by atoms with Gasteiger partial charge in [0, 0.05) is 13.6 Å². The second-order valence-corrected chi connectivity index (χ2v) is 3.16. The molecule has 84 valence electrons. The molecule has 5 heteroatoms. The van der Waals surface area contributed by atoms with Gasteiger partial charge in [-0.3, -0.25) is 14.3 Å².